The molecule has 0 radical (unpaired) electrons. The second-order valence-electron chi connectivity index (χ2n) is 5.41. The number of anilines is 1. The smallest absolute Gasteiger partial charge is 0.163 e. The van der Waals surface area contributed by atoms with E-state index in [-0.39, 0.29) is 6.10 Å². The van der Waals surface area contributed by atoms with E-state index in [1.807, 2.05) is 48.5 Å². The van der Waals surface area contributed by atoms with Crippen molar-refractivity contribution in [1.29, 1.82) is 0 Å². The Morgan fingerprint density at radius 3 is 2.55 bits per heavy atom. The minimum atomic E-state index is 0.177. The molecule has 0 aromatic heterocycles. The van der Waals surface area contributed by atoms with Crippen molar-refractivity contribution in [2.45, 2.75) is 25.6 Å². The lowest BCUT2D eigenvalue weighted by molar-refractivity contribution is 0.0242. The van der Waals surface area contributed by atoms with Crippen LogP contribution in [-0.2, 0) is 11.3 Å². The number of nitrogen functional groups attached to an aromatic ring is 1. The van der Waals surface area contributed by atoms with Crippen LogP contribution in [0.2, 0.25) is 0 Å². The number of ether oxygens (including phenoxy) is 3. The van der Waals surface area contributed by atoms with Crippen LogP contribution < -0.4 is 15.2 Å². The third-order valence-corrected chi connectivity index (χ3v) is 3.67. The highest BCUT2D eigenvalue weighted by molar-refractivity contribution is 5.52. The van der Waals surface area contributed by atoms with Gasteiger partial charge in [0.25, 0.3) is 0 Å². The average Bonchev–Trinajstić information content (AvgIpc) is 2.57. The van der Waals surface area contributed by atoms with Crippen molar-refractivity contribution in [3.63, 3.8) is 0 Å². The molecule has 0 saturated carbocycles. The van der Waals surface area contributed by atoms with Gasteiger partial charge in [-0.2, -0.15) is 0 Å². The molecule has 0 aliphatic carbocycles. The van der Waals surface area contributed by atoms with E-state index in [0.717, 1.165) is 37.4 Å². The second-order valence-corrected chi connectivity index (χ2v) is 5.41. The van der Waals surface area contributed by atoms with E-state index in [1.54, 1.807) is 0 Å². The summed E-state index contributed by atoms with van der Waals surface area (Å²) in [6.45, 7) is 1.99. The summed E-state index contributed by atoms with van der Waals surface area (Å²) >= 11 is 0. The molecule has 116 valence electrons. The first-order valence-electron chi connectivity index (χ1n) is 7.62. The third-order valence-electron chi connectivity index (χ3n) is 3.67. The quantitative estimate of drug-likeness (QED) is 0.860. The first-order valence-corrected chi connectivity index (χ1v) is 7.62. The largest absolute Gasteiger partial charge is 0.486 e. The van der Waals surface area contributed by atoms with Gasteiger partial charge in [0.05, 0.1) is 13.2 Å². The number of rotatable bonds is 5. The summed E-state index contributed by atoms with van der Waals surface area (Å²) in [5, 5.41) is 0. The van der Waals surface area contributed by atoms with Crippen LogP contribution in [0.1, 0.15) is 18.4 Å². The number of hydrogen-bond acceptors (Lipinski definition) is 4. The number of hydrogen-bond donors (Lipinski definition) is 1. The Bertz CT molecular complexity index is 595. The van der Waals surface area contributed by atoms with Crippen LogP contribution in [0.3, 0.4) is 0 Å². The summed E-state index contributed by atoms with van der Waals surface area (Å²) < 4.78 is 17.3. The van der Waals surface area contributed by atoms with Crippen LogP contribution in [0.5, 0.6) is 11.5 Å². The molecule has 0 unspecified atom stereocenters. The lowest BCUT2D eigenvalue weighted by Gasteiger charge is -2.24. The van der Waals surface area contributed by atoms with E-state index in [2.05, 4.69) is 0 Å². The maximum Gasteiger partial charge on any atom is 0.163 e. The van der Waals surface area contributed by atoms with Crippen LogP contribution in [-0.4, -0.2) is 19.3 Å². The predicted octanol–water partition coefficient (Wildman–Crippen LogP) is 3.41. The molecule has 4 heteroatoms. The SMILES string of the molecule is Nc1ccc(OC2CCOCC2)c(OCc2ccccc2)c1. The van der Waals surface area contributed by atoms with Crippen LogP contribution >= 0.6 is 0 Å². The summed E-state index contributed by atoms with van der Waals surface area (Å²) in [6.07, 6.45) is 1.99. The molecule has 4 nitrogen and oxygen atoms in total. The second kappa shape index (κ2) is 7.18. The van der Waals surface area contributed by atoms with Gasteiger partial charge in [0.15, 0.2) is 11.5 Å². The Kier molecular flexibility index (Phi) is 4.81. The van der Waals surface area contributed by atoms with Crippen molar-refractivity contribution < 1.29 is 14.2 Å². The molecule has 2 aromatic rings. The van der Waals surface area contributed by atoms with E-state index in [9.17, 15) is 0 Å². The Hall–Kier alpha value is -2.20. The molecule has 0 atom stereocenters. The molecular weight excluding hydrogens is 278 g/mol. The summed E-state index contributed by atoms with van der Waals surface area (Å²) in [5.74, 6) is 1.44. The van der Waals surface area contributed by atoms with Gasteiger partial charge < -0.3 is 19.9 Å². The first-order chi connectivity index (χ1) is 10.8. The fraction of sp³-hybridized carbons (Fsp3) is 0.333. The van der Waals surface area contributed by atoms with Gasteiger partial charge in [0.1, 0.15) is 12.7 Å². The summed E-state index contributed by atoms with van der Waals surface area (Å²) in [4.78, 5) is 0. The van der Waals surface area contributed by atoms with E-state index in [0.29, 0.717) is 18.0 Å². The van der Waals surface area contributed by atoms with Crippen LogP contribution in [0.15, 0.2) is 48.5 Å². The Morgan fingerprint density at radius 1 is 1.00 bits per heavy atom. The maximum atomic E-state index is 6.07. The monoisotopic (exact) mass is 299 g/mol. The zero-order chi connectivity index (χ0) is 15.2. The van der Waals surface area contributed by atoms with Crippen molar-refractivity contribution in [1.82, 2.24) is 0 Å². The van der Waals surface area contributed by atoms with Gasteiger partial charge in [-0.1, -0.05) is 30.3 Å². The summed E-state index contributed by atoms with van der Waals surface area (Å²) in [5.41, 5.74) is 7.66. The minimum Gasteiger partial charge on any atom is -0.486 e. The first kappa shape index (κ1) is 14.7. The molecule has 0 spiro atoms. The molecule has 1 saturated heterocycles. The third kappa shape index (κ3) is 3.92. The lowest BCUT2D eigenvalue weighted by atomic mass is 10.1. The highest BCUT2D eigenvalue weighted by Gasteiger charge is 2.17. The topological polar surface area (TPSA) is 53.7 Å². The molecule has 1 heterocycles. The molecular formula is C18H21NO3. The van der Waals surface area contributed by atoms with E-state index >= 15 is 0 Å². The van der Waals surface area contributed by atoms with Gasteiger partial charge >= 0.3 is 0 Å². The van der Waals surface area contributed by atoms with Gasteiger partial charge in [-0.15, -0.1) is 0 Å². The summed E-state index contributed by atoms with van der Waals surface area (Å²) in [7, 11) is 0. The highest BCUT2D eigenvalue weighted by atomic mass is 16.5. The van der Waals surface area contributed by atoms with Crippen LogP contribution in [0, 0.1) is 0 Å². The van der Waals surface area contributed by atoms with Crippen molar-refractivity contribution in [3.8, 4) is 11.5 Å². The molecule has 22 heavy (non-hydrogen) atoms. The molecule has 2 aromatic carbocycles. The van der Waals surface area contributed by atoms with Gasteiger partial charge in [0.2, 0.25) is 0 Å². The van der Waals surface area contributed by atoms with E-state index in [4.69, 9.17) is 19.9 Å². The molecule has 1 aliphatic heterocycles. The zero-order valence-electron chi connectivity index (χ0n) is 12.5. The normalized spacial score (nSPS) is 15.5. The van der Waals surface area contributed by atoms with Gasteiger partial charge in [-0.05, 0) is 17.7 Å². The fourth-order valence-electron chi connectivity index (χ4n) is 2.44. The molecule has 3 rings (SSSR count). The van der Waals surface area contributed by atoms with Crippen LogP contribution in [0.4, 0.5) is 5.69 Å². The standard InChI is InChI=1S/C18H21NO3/c19-15-6-7-17(22-16-8-10-20-11-9-16)18(12-15)21-13-14-4-2-1-3-5-14/h1-7,12,16H,8-11,13,19H2. The van der Waals surface area contributed by atoms with E-state index in [1.165, 1.54) is 0 Å². The zero-order valence-corrected chi connectivity index (χ0v) is 12.5. The summed E-state index contributed by atoms with van der Waals surface area (Å²) in [6, 6.07) is 15.6. The van der Waals surface area contributed by atoms with Gasteiger partial charge in [0, 0.05) is 24.6 Å². The van der Waals surface area contributed by atoms with Crippen molar-refractivity contribution in [3.05, 3.63) is 54.1 Å². The molecule has 2 N–H and O–H groups in total. The fourth-order valence-corrected chi connectivity index (χ4v) is 2.44. The van der Waals surface area contributed by atoms with Gasteiger partial charge in [-0.3, -0.25) is 0 Å². The predicted molar refractivity (Wildman–Crippen MR) is 86.1 cm³/mol. The Morgan fingerprint density at radius 2 is 1.77 bits per heavy atom. The van der Waals surface area contributed by atoms with Crippen molar-refractivity contribution in [2.75, 3.05) is 18.9 Å². The Labute approximate surface area is 130 Å². The molecule has 1 aliphatic rings. The van der Waals surface area contributed by atoms with E-state index < -0.39 is 0 Å². The Balaban J connectivity index is 1.69. The number of benzene rings is 2. The minimum absolute atomic E-state index is 0.177. The molecule has 0 bridgehead atoms. The molecule has 1 fully saturated rings. The van der Waals surface area contributed by atoms with Crippen molar-refractivity contribution in [2.24, 2.45) is 0 Å². The number of nitrogens with two attached hydrogens (primary N) is 1. The van der Waals surface area contributed by atoms with Crippen LogP contribution in [0.25, 0.3) is 0 Å². The molecule has 0 amide bonds. The highest BCUT2D eigenvalue weighted by Crippen LogP contribution is 2.32. The average molecular weight is 299 g/mol. The van der Waals surface area contributed by atoms with Crippen molar-refractivity contribution >= 4 is 5.69 Å². The maximum absolute atomic E-state index is 6.07. The lowest BCUT2D eigenvalue weighted by Crippen LogP contribution is -2.26. The van der Waals surface area contributed by atoms with Gasteiger partial charge in [-0.25, -0.2) is 0 Å².